The van der Waals surface area contributed by atoms with Crippen LogP contribution >= 0.6 is 0 Å². The summed E-state index contributed by atoms with van der Waals surface area (Å²) in [7, 11) is 0. The van der Waals surface area contributed by atoms with E-state index in [0.29, 0.717) is 29.1 Å². The smallest absolute Gasteiger partial charge is 0.152 e. The number of anilines is 1. The molecule has 5 nitrogen and oxygen atoms in total. The average molecular weight is 272 g/mol. The number of benzene rings is 1. The molecule has 0 amide bonds. The second kappa shape index (κ2) is 5.77. The van der Waals surface area contributed by atoms with Crippen molar-refractivity contribution >= 4 is 27.8 Å². The Kier molecular flexibility index (Phi) is 4.08. The topological polar surface area (TPSA) is 77.0 Å². The van der Waals surface area contributed by atoms with Crippen molar-refractivity contribution in [3.63, 3.8) is 0 Å². The quantitative estimate of drug-likeness (QED) is 0.701. The fraction of sp³-hybridized carbons (Fsp3) is 0.333. The number of fused-ring (bicyclic) bond motifs is 3. The van der Waals surface area contributed by atoms with Crippen LogP contribution in [0, 0.1) is 0 Å². The second-order valence-corrected chi connectivity index (χ2v) is 4.30. The highest BCUT2D eigenvalue weighted by molar-refractivity contribution is 6.06. The lowest BCUT2D eigenvalue weighted by atomic mass is 10.2. The van der Waals surface area contributed by atoms with Gasteiger partial charge in [-0.25, -0.2) is 9.97 Å². The van der Waals surface area contributed by atoms with Gasteiger partial charge in [-0.3, -0.25) is 0 Å². The Bertz CT molecular complexity index is 733. The predicted molar refractivity (Wildman–Crippen MR) is 82.0 cm³/mol. The maximum absolute atomic E-state index is 10.2. The Hall–Kier alpha value is -2.30. The molecule has 106 valence electrons. The van der Waals surface area contributed by atoms with Crippen LogP contribution in [0.4, 0.5) is 5.82 Å². The SMILES string of the molecule is CC.CCCc1nc2c(N)nc3ccccc3c2n1O. The number of hydrogen-bond donors (Lipinski definition) is 2. The van der Waals surface area contributed by atoms with E-state index in [1.165, 1.54) is 0 Å². The molecule has 3 aromatic rings. The molecule has 0 aliphatic carbocycles. The number of aromatic nitrogens is 3. The van der Waals surface area contributed by atoms with Crippen LogP contribution in [0.5, 0.6) is 0 Å². The van der Waals surface area contributed by atoms with Gasteiger partial charge in [-0.2, -0.15) is 4.73 Å². The number of hydrogen-bond acceptors (Lipinski definition) is 4. The Morgan fingerprint density at radius 2 is 1.90 bits per heavy atom. The van der Waals surface area contributed by atoms with Gasteiger partial charge in [-0.1, -0.05) is 39.0 Å². The standard InChI is InChI=1S/C13H14N4O.C2H6/c1-2-5-10-16-11-12(17(10)18)8-6-3-4-7-9(8)15-13(11)14;1-2/h3-4,6-7,18H,2,5H2,1H3,(H2,14,15);1-2H3. The first kappa shape index (κ1) is 14.1. The van der Waals surface area contributed by atoms with Gasteiger partial charge in [0.1, 0.15) is 16.9 Å². The normalized spacial score (nSPS) is 10.6. The molecule has 20 heavy (non-hydrogen) atoms. The molecule has 3 rings (SSSR count). The lowest BCUT2D eigenvalue weighted by Crippen LogP contribution is -1.99. The molecule has 0 saturated carbocycles. The van der Waals surface area contributed by atoms with Crippen molar-refractivity contribution < 1.29 is 5.21 Å². The average Bonchev–Trinajstić information content (AvgIpc) is 2.80. The molecular formula is C15H20N4O. The maximum Gasteiger partial charge on any atom is 0.152 e. The van der Waals surface area contributed by atoms with Crippen LogP contribution in [0.15, 0.2) is 24.3 Å². The minimum Gasteiger partial charge on any atom is -0.427 e. The molecule has 0 saturated heterocycles. The van der Waals surface area contributed by atoms with Crippen molar-refractivity contribution in [1.82, 2.24) is 14.7 Å². The summed E-state index contributed by atoms with van der Waals surface area (Å²) in [6.07, 6.45) is 1.62. The number of pyridine rings is 1. The molecule has 0 aliphatic heterocycles. The third-order valence-corrected chi connectivity index (χ3v) is 3.04. The summed E-state index contributed by atoms with van der Waals surface area (Å²) in [4.78, 5) is 8.69. The molecule has 3 N–H and O–H groups in total. The van der Waals surface area contributed by atoms with Crippen molar-refractivity contribution in [1.29, 1.82) is 0 Å². The van der Waals surface area contributed by atoms with Gasteiger partial charge in [0.15, 0.2) is 5.82 Å². The first-order chi connectivity index (χ1) is 9.72. The maximum atomic E-state index is 10.2. The zero-order valence-corrected chi connectivity index (χ0v) is 12.1. The molecular weight excluding hydrogens is 252 g/mol. The number of nitrogens with zero attached hydrogens (tertiary/aromatic N) is 3. The number of nitrogen functional groups attached to an aromatic ring is 1. The van der Waals surface area contributed by atoms with E-state index in [9.17, 15) is 5.21 Å². The van der Waals surface area contributed by atoms with Crippen molar-refractivity contribution in [2.24, 2.45) is 0 Å². The summed E-state index contributed by atoms with van der Waals surface area (Å²) in [6, 6.07) is 7.59. The zero-order chi connectivity index (χ0) is 14.7. The Morgan fingerprint density at radius 1 is 1.20 bits per heavy atom. The number of aryl methyl sites for hydroxylation is 1. The minimum absolute atomic E-state index is 0.355. The lowest BCUT2D eigenvalue weighted by Gasteiger charge is -2.03. The van der Waals surface area contributed by atoms with Crippen LogP contribution in [-0.2, 0) is 6.42 Å². The van der Waals surface area contributed by atoms with Crippen molar-refractivity contribution in [3.8, 4) is 0 Å². The van der Waals surface area contributed by atoms with Gasteiger partial charge in [0.25, 0.3) is 0 Å². The lowest BCUT2D eigenvalue weighted by molar-refractivity contribution is 0.188. The number of imidazole rings is 1. The molecule has 0 aliphatic rings. The summed E-state index contributed by atoms with van der Waals surface area (Å²) < 4.78 is 1.14. The molecule has 0 spiro atoms. The molecule has 0 radical (unpaired) electrons. The summed E-state index contributed by atoms with van der Waals surface area (Å²) in [5, 5.41) is 11.1. The Labute approximate surface area is 118 Å². The van der Waals surface area contributed by atoms with E-state index in [4.69, 9.17) is 5.73 Å². The molecule has 0 atom stereocenters. The number of nitrogens with two attached hydrogens (primary N) is 1. The highest BCUT2D eigenvalue weighted by atomic mass is 16.5. The molecule has 1 aromatic carbocycles. The first-order valence-electron chi connectivity index (χ1n) is 6.97. The van der Waals surface area contributed by atoms with E-state index in [2.05, 4.69) is 9.97 Å². The molecule has 5 heteroatoms. The van der Waals surface area contributed by atoms with E-state index >= 15 is 0 Å². The van der Waals surface area contributed by atoms with E-state index in [0.717, 1.165) is 22.1 Å². The third kappa shape index (κ3) is 2.15. The van der Waals surface area contributed by atoms with Crippen LogP contribution in [0.1, 0.15) is 33.0 Å². The Morgan fingerprint density at radius 3 is 2.60 bits per heavy atom. The molecule has 2 aromatic heterocycles. The van der Waals surface area contributed by atoms with E-state index in [1.807, 2.05) is 45.0 Å². The van der Waals surface area contributed by atoms with Gasteiger partial charge >= 0.3 is 0 Å². The fourth-order valence-corrected chi connectivity index (χ4v) is 2.22. The van der Waals surface area contributed by atoms with Crippen molar-refractivity contribution in [2.45, 2.75) is 33.6 Å². The van der Waals surface area contributed by atoms with Crippen LogP contribution in [0.2, 0.25) is 0 Å². The van der Waals surface area contributed by atoms with E-state index < -0.39 is 0 Å². The molecule has 2 heterocycles. The summed E-state index contributed by atoms with van der Waals surface area (Å²) in [5.41, 5.74) is 7.88. The summed E-state index contributed by atoms with van der Waals surface area (Å²) in [5.74, 6) is 0.978. The van der Waals surface area contributed by atoms with Crippen LogP contribution in [0.25, 0.3) is 21.9 Å². The van der Waals surface area contributed by atoms with Crippen LogP contribution in [-0.4, -0.2) is 19.9 Å². The van der Waals surface area contributed by atoms with Gasteiger partial charge in [-0.15, -0.1) is 0 Å². The van der Waals surface area contributed by atoms with Crippen molar-refractivity contribution in [3.05, 3.63) is 30.1 Å². The fourth-order valence-electron chi connectivity index (χ4n) is 2.22. The first-order valence-corrected chi connectivity index (χ1v) is 6.97. The summed E-state index contributed by atoms with van der Waals surface area (Å²) in [6.45, 7) is 6.04. The third-order valence-electron chi connectivity index (χ3n) is 3.04. The highest BCUT2D eigenvalue weighted by Crippen LogP contribution is 2.27. The van der Waals surface area contributed by atoms with Gasteiger partial charge in [-0.05, 0) is 12.5 Å². The Balaban J connectivity index is 0.000000704. The van der Waals surface area contributed by atoms with E-state index in [1.54, 1.807) is 0 Å². The monoisotopic (exact) mass is 272 g/mol. The van der Waals surface area contributed by atoms with E-state index in [-0.39, 0.29) is 0 Å². The molecule has 0 fully saturated rings. The van der Waals surface area contributed by atoms with Crippen molar-refractivity contribution in [2.75, 3.05) is 5.73 Å². The summed E-state index contributed by atoms with van der Waals surface area (Å²) >= 11 is 0. The van der Waals surface area contributed by atoms with Gasteiger partial charge in [0, 0.05) is 11.8 Å². The molecule has 0 bridgehead atoms. The second-order valence-electron chi connectivity index (χ2n) is 4.30. The molecule has 0 unspecified atom stereocenters. The highest BCUT2D eigenvalue weighted by Gasteiger charge is 2.15. The zero-order valence-electron chi connectivity index (χ0n) is 12.1. The minimum atomic E-state index is 0.355. The van der Waals surface area contributed by atoms with Gasteiger partial charge < -0.3 is 10.9 Å². The van der Waals surface area contributed by atoms with Gasteiger partial charge in [0.2, 0.25) is 0 Å². The van der Waals surface area contributed by atoms with Crippen LogP contribution in [0.3, 0.4) is 0 Å². The largest absolute Gasteiger partial charge is 0.427 e. The number of para-hydroxylation sites is 1. The van der Waals surface area contributed by atoms with Crippen LogP contribution < -0.4 is 5.73 Å². The predicted octanol–water partition coefficient (Wildman–Crippen LogP) is 3.38. The number of rotatable bonds is 2. The van der Waals surface area contributed by atoms with Gasteiger partial charge in [0.05, 0.1) is 5.52 Å².